The van der Waals surface area contributed by atoms with E-state index in [1.54, 1.807) is 19.0 Å². The van der Waals surface area contributed by atoms with E-state index in [4.69, 9.17) is 15.2 Å². The van der Waals surface area contributed by atoms with Gasteiger partial charge in [-0.05, 0) is 25.7 Å². The van der Waals surface area contributed by atoms with Crippen molar-refractivity contribution in [1.82, 2.24) is 10.2 Å². The summed E-state index contributed by atoms with van der Waals surface area (Å²) in [5.41, 5.74) is 5.83. The maximum Gasteiger partial charge on any atom is 0.251 e. The molecular weight excluding hydrogens is 399 g/mol. The molecule has 0 aromatic carbocycles. The third-order valence-electron chi connectivity index (χ3n) is 3.82. The molecule has 0 saturated carbocycles. The lowest BCUT2D eigenvalue weighted by Gasteiger charge is -2.16. The van der Waals surface area contributed by atoms with E-state index in [0.29, 0.717) is 19.0 Å². The van der Waals surface area contributed by atoms with E-state index in [1.807, 2.05) is 0 Å². The minimum Gasteiger partial charge on any atom is -0.376 e. The predicted molar refractivity (Wildman–Crippen MR) is 95.5 cm³/mol. The van der Waals surface area contributed by atoms with Gasteiger partial charge in [-0.15, -0.1) is 24.0 Å². The quantitative estimate of drug-likeness (QED) is 0.376. The number of nitrogens with two attached hydrogens (primary N) is 1. The molecule has 0 aliphatic carbocycles. The molecule has 2 saturated heterocycles. The third kappa shape index (κ3) is 5.88. The number of likely N-dealkylation sites (N-methyl/N-ethyl adjacent to an activating group) is 1. The molecular formula is C14H27IN4O3. The normalized spacial score (nSPS) is 28.3. The number of hydrogen-bond acceptors (Lipinski definition) is 4. The van der Waals surface area contributed by atoms with Crippen LogP contribution in [0.15, 0.2) is 4.99 Å². The number of nitrogens with one attached hydrogen (secondary N) is 1. The lowest BCUT2D eigenvalue weighted by Crippen LogP contribution is -2.38. The molecule has 128 valence electrons. The second-order valence-corrected chi connectivity index (χ2v) is 5.80. The Morgan fingerprint density at radius 3 is 2.73 bits per heavy atom. The number of amides is 1. The Balaban J connectivity index is 0.00000242. The molecule has 22 heavy (non-hydrogen) atoms. The Kier molecular flexibility index (Phi) is 8.40. The van der Waals surface area contributed by atoms with Gasteiger partial charge in [0.05, 0.1) is 18.8 Å². The highest BCUT2D eigenvalue weighted by Gasteiger charge is 2.31. The van der Waals surface area contributed by atoms with Crippen LogP contribution in [0.1, 0.15) is 25.7 Å². The van der Waals surface area contributed by atoms with E-state index in [1.165, 1.54) is 0 Å². The number of carbonyl (C=O) groups is 1. The largest absolute Gasteiger partial charge is 0.376 e. The zero-order chi connectivity index (χ0) is 15.2. The van der Waals surface area contributed by atoms with Gasteiger partial charge in [0.1, 0.15) is 6.10 Å². The summed E-state index contributed by atoms with van der Waals surface area (Å²) in [6.45, 7) is 2.02. The summed E-state index contributed by atoms with van der Waals surface area (Å²) in [7, 11) is 3.48. The van der Waals surface area contributed by atoms with Crippen LogP contribution in [0.25, 0.3) is 0 Å². The first-order valence-electron chi connectivity index (χ1n) is 7.58. The van der Waals surface area contributed by atoms with Crippen LogP contribution in [0.3, 0.4) is 0 Å². The van der Waals surface area contributed by atoms with E-state index in [9.17, 15) is 4.79 Å². The molecule has 0 aromatic rings. The van der Waals surface area contributed by atoms with Crippen molar-refractivity contribution in [3.63, 3.8) is 0 Å². The molecule has 2 rings (SSSR count). The molecule has 0 bridgehead atoms. The minimum atomic E-state index is -0.332. The fraction of sp³-hybridized carbons (Fsp3) is 0.857. The molecule has 1 amide bonds. The summed E-state index contributed by atoms with van der Waals surface area (Å²) in [4.78, 5) is 17.6. The summed E-state index contributed by atoms with van der Waals surface area (Å²) < 4.78 is 11.2. The van der Waals surface area contributed by atoms with Gasteiger partial charge in [0.2, 0.25) is 0 Å². The Bertz CT molecular complexity index is 386. The molecule has 2 heterocycles. The van der Waals surface area contributed by atoms with E-state index in [0.717, 1.165) is 32.3 Å². The average molecular weight is 426 g/mol. The Morgan fingerprint density at radius 2 is 2.09 bits per heavy atom. The molecule has 0 spiro atoms. The first kappa shape index (κ1) is 19.4. The van der Waals surface area contributed by atoms with Crippen LogP contribution in [0.4, 0.5) is 0 Å². The Hall–Kier alpha value is -0.610. The number of nitrogens with zero attached hydrogens (tertiary/aromatic N) is 2. The van der Waals surface area contributed by atoms with Gasteiger partial charge in [-0.25, -0.2) is 0 Å². The van der Waals surface area contributed by atoms with Crippen molar-refractivity contribution in [3.8, 4) is 0 Å². The van der Waals surface area contributed by atoms with Crippen molar-refractivity contribution in [2.24, 2.45) is 10.7 Å². The number of ether oxygens (including phenoxy) is 2. The number of carbonyl (C=O) groups excluding carboxylic acids is 1. The van der Waals surface area contributed by atoms with E-state index in [-0.39, 0.29) is 48.2 Å². The predicted octanol–water partition coefficient (Wildman–Crippen LogP) is 0.324. The number of halogens is 1. The fourth-order valence-corrected chi connectivity index (χ4v) is 2.59. The van der Waals surface area contributed by atoms with Gasteiger partial charge in [0.25, 0.3) is 5.91 Å². The summed E-state index contributed by atoms with van der Waals surface area (Å²) in [6, 6.07) is 0. The van der Waals surface area contributed by atoms with Crippen molar-refractivity contribution in [2.45, 2.75) is 44.0 Å². The van der Waals surface area contributed by atoms with Crippen molar-refractivity contribution < 1.29 is 14.3 Å². The molecule has 0 aromatic heterocycles. The van der Waals surface area contributed by atoms with Crippen LogP contribution >= 0.6 is 24.0 Å². The topological polar surface area (TPSA) is 89.2 Å². The zero-order valence-corrected chi connectivity index (χ0v) is 15.6. The van der Waals surface area contributed by atoms with E-state index in [2.05, 4.69) is 10.3 Å². The van der Waals surface area contributed by atoms with E-state index >= 15 is 0 Å². The highest BCUT2D eigenvalue weighted by atomic mass is 127. The van der Waals surface area contributed by atoms with Gasteiger partial charge in [-0.2, -0.15) is 0 Å². The van der Waals surface area contributed by atoms with Crippen LogP contribution in [0.5, 0.6) is 0 Å². The lowest BCUT2D eigenvalue weighted by atomic mass is 10.2. The Morgan fingerprint density at radius 1 is 1.32 bits per heavy atom. The number of hydrogen-bond donors (Lipinski definition) is 2. The highest BCUT2D eigenvalue weighted by molar-refractivity contribution is 14.0. The second kappa shape index (κ2) is 9.51. The smallest absolute Gasteiger partial charge is 0.251 e. The van der Waals surface area contributed by atoms with Crippen molar-refractivity contribution in [3.05, 3.63) is 0 Å². The average Bonchev–Trinajstić information content (AvgIpc) is 3.13. The summed E-state index contributed by atoms with van der Waals surface area (Å²) in [5, 5.41) is 3.07. The maximum absolute atomic E-state index is 11.8. The molecule has 8 heteroatoms. The number of guanidine groups is 1. The summed E-state index contributed by atoms with van der Waals surface area (Å²) in [6.07, 6.45) is 3.65. The van der Waals surface area contributed by atoms with Gasteiger partial charge >= 0.3 is 0 Å². The van der Waals surface area contributed by atoms with Gasteiger partial charge in [0.15, 0.2) is 5.96 Å². The maximum atomic E-state index is 11.8. The van der Waals surface area contributed by atoms with Crippen LogP contribution in [-0.4, -0.2) is 68.9 Å². The minimum absolute atomic E-state index is 0. The molecule has 2 fully saturated rings. The molecule has 2 aliphatic rings. The lowest BCUT2D eigenvalue weighted by molar-refractivity contribution is -0.140. The standard InChI is InChI=1S/C14H26N4O3.HI/c1-18(2)13(19)12-6-5-11(21-12)9-17-14(15)16-8-10-4-3-7-20-10;/h10-12H,3-9H2,1-2H3,(H3,15,16,17);1H. The van der Waals surface area contributed by atoms with Crippen molar-refractivity contribution in [1.29, 1.82) is 0 Å². The molecule has 7 nitrogen and oxygen atoms in total. The second-order valence-electron chi connectivity index (χ2n) is 5.80. The Labute approximate surface area is 149 Å². The molecule has 0 radical (unpaired) electrons. The molecule has 3 N–H and O–H groups in total. The van der Waals surface area contributed by atoms with Crippen LogP contribution in [-0.2, 0) is 14.3 Å². The van der Waals surface area contributed by atoms with Crippen molar-refractivity contribution >= 4 is 35.8 Å². The molecule has 2 aliphatic heterocycles. The van der Waals surface area contributed by atoms with Gasteiger partial charge in [-0.1, -0.05) is 0 Å². The number of aliphatic imine (C=N–C) groups is 1. The summed E-state index contributed by atoms with van der Waals surface area (Å²) >= 11 is 0. The van der Waals surface area contributed by atoms with E-state index < -0.39 is 0 Å². The van der Waals surface area contributed by atoms with Gasteiger partial charge in [-0.3, -0.25) is 9.79 Å². The van der Waals surface area contributed by atoms with Crippen LogP contribution < -0.4 is 11.1 Å². The van der Waals surface area contributed by atoms with Crippen molar-refractivity contribution in [2.75, 3.05) is 33.8 Å². The first-order chi connectivity index (χ1) is 10.1. The first-order valence-corrected chi connectivity index (χ1v) is 7.58. The van der Waals surface area contributed by atoms with Crippen LogP contribution in [0.2, 0.25) is 0 Å². The van der Waals surface area contributed by atoms with Gasteiger partial charge < -0.3 is 25.4 Å². The number of rotatable bonds is 5. The summed E-state index contributed by atoms with van der Waals surface area (Å²) in [5.74, 6) is 0.433. The SMILES string of the molecule is CN(C)C(=O)C1CCC(CN=C(N)NCC2CCCO2)O1.I. The zero-order valence-electron chi connectivity index (χ0n) is 13.3. The third-order valence-corrected chi connectivity index (χ3v) is 3.82. The van der Waals surface area contributed by atoms with Crippen LogP contribution in [0, 0.1) is 0 Å². The highest BCUT2D eigenvalue weighted by Crippen LogP contribution is 2.21. The monoisotopic (exact) mass is 426 g/mol. The molecule has 3 unspecified atom stereocenters. The molecule has 3 atom stereocenters. The fourth-order valence-electron chi connectivity index (χ4n) is 2.59. The van der Waals surface area contributed by atoms with Gasteiger partial charge in [0, 0.05) is 27.2 Å².